The van der Waals surface area contributed by atoms with Crippen LogP contribution in [0, 0.1) is 0 Å². The molecule has 1 unspecified atom stereocenters. The van der Waals surface area contributed by atoms with E-state index in [2.05, 4.69) is 10.0 Å². The smallest absolute Gasteiger partial charge is 0.260 e. The predicted molar refractivity (Wildman–Crippen MR) is 87.0 cm³/mol. The molecule has 0 saturated carbocycles. The minimum absolute atomic E-state index is 0.251. The largest absolute Gasteiger partial charge is 0.479 e. The molecule has 0 heterocycles. The summed E-state index contributed by atoms with van der Waals surface area (Å²) in [5.74, 6) is 0.00552. The fourth-order valence-electron chi connectivity index (χ4n) is 1.52. The van der Waals surface area contributed by atoms with Crippen molar-refractivity contribution in [2.24, 2.45) is 0 Å². The van der Waals surface area contributed by atoms with Crippen molar-refractivity contribution in [3.8, 4) is 5.75 Å². The van der Waals surface area contributed by atoms with E-state index in [9.17, 15) is 13.2 Å². The number of rotatable bonds is 8. The Morgan fingerprint density at radius 2 is 2.00 bits per heavy atom. The van der Waals surface area contributed by atoms with Gasteiger partial charge in [0.25, 0.3) is 5.91 Å². The Labute approximate surface area is 140 Å². The van der Waals surface area contributed by atoms with Crippen molar-refractivity contribution in [3.05, 3.63) is 28.2 Å². The number of amides is 1. The van der Waals surface area contributed by atoms with E-state index in [0.29, 0.717) is 23.7 Å². The van der Waals surface area contributed by atoms with Gasteiger partial charge >= 0.3 is 0 Å². The minimum atomic E-state index is -3.21. The van der Waals surface area contributed by atoms with Crippen LogP contribution in [0.4, 0.5) is 0 Å². The average molecular weight is 369 g/mol. The van der Waals surface area contributed by atoms with Crippen LogP contribution in [-0.4, -0.2) is 39.8 Å². The first kappa shape index (κ1) is 19.0. The molecule has 1 aromatic rings. The summed E-state index contributed by atoms with van der Waals surface area (Å²) in [4.78, 5) is 11.9. The van der Waals surface area contributed by atoms with Crippen LogP contribution in [0.3, 0.4) is 0 Å². The molecule has 0 bridgehead atoms. The molecular formula is C13H18Cl2N2O4S. The summed E-state index contributed by atoms with van der Waals surface area (Å²) in [6.45, 7) is 2.17. The van der Waals surface area contributed by atoms with Gasteiger partial charge in [0.15, 0.2) is 6.10 Å². The van der Waals surface area contributed by atoms with Crippen LogP contribution in [0.15, 0.2) is 18.2 Å². The molecule has 1 rings (SSSR count). The van der Waals surface area contributed by atoms with Crippen LogP contribution in [0.1, 0.15) is 13.3 Å². The van der Waals surface area contributed by atoms with Crippen LogP contribution in [0.5, 0.6) is 5.75 Å². The van der Waals surface area contributed by atoms with Crippen molar-refractivity contribution in [1.29, 1.82) is 0 Å². The summed E-state index contributed by atoms with van der Waals surface area (Å²) >= 11 is 11.8. The maximum absolute atomic E-state index is 11.9. The summed E-state index contributed by atoms with van der Waals surface area (Å²) in [6, 6.07) is 4.91. The fourth-order valence-corrected chi connectivity index (χ4v) is 2.37. The van der Waals surface area contributed by atoms with Crippen LogP contribution < -0.4 is 14.8 Å². The Bertz CT molecular complexity index is 622. The molecule has 0 aromatic heterocycles. The molecule has 9 heteroatoms. The van der Waals surface area contributed by atoms with Gasteiger partial charge in [-0.25, -0.2) is 13.1 Å². The van der Waals surface area contributed by atoms with Crippen molar-refractivity contribution in [2.45, 2.75) is 19.4 Å². The van der Waals surface area contributed by atoms with Gasteiger partial charge in [0.1, 0.15) is 10.8 Å². The van der Waals surface area contributed by atoms with E-state index < -0.39 is 16.1 Å². The van der Waals surface area contributed by atoms with Gasteiger partial charge in [0.2, 0.25) is 10.0 Å². The lowest BCUT2D eigenvalue weighted by Gasteiger charge is -2.16. The first-order valence-corrected chi connectivity index (χ1v) is 9.18. The number of nitrogens with one attached hydrogen (secondary N) is 2. The third kappa shape index (κ3) is 6.83. The van der Waals surface area contributed by atoms with Crippen LogP contribution in [0.2, 0.25) is 10.0 Å². The number of carbonyl (C=O) groups excluding carboxylic acids is 1. The number of halogens is 2. The normalized spacial score (nSPS) is 12.7. The topological polar surface area (TPSA) is 84.5 Å². The van der Waals surface area contributed by atoms with Gasteiger partial charge in [-0.2, -0.15) is 0 Å². The molecule has 6 nitrogen and oxygen atoms in total. The maximum atomic E-state index is 11.9. The second kappa shape index (κ2) is 8.57. The second-order valence-electron chi connectivity index (χ2n) is 4.62. The van der Waals surface area contributed by atoms with Gasteiger partial charge in [0, 0.05) is 13.1 Å². The monoisotopic (exact) mass is 368 g/mol. The van der Waals surface area contributed by atoms with E-state index in [1.807, 2.05) is 0 Å². The highest BCUT2D eigenvalue weighted by molar-refractivity contribution is 7.88. The molecule has 0 aliphatic rings. The van der Waals surface area contributed by atoms with Crippen LogP contribution in [0.25, 0.3) is 0 Å². The van der Waals surface area contributed by atoms with Gasteiger partial charge in [0.05, 0.1) is 11.3 Å². The lowest BCUT2D eigenvalue weighted by Crippen LogP contribution is -2.37. The van der Waals surface area contributed by atoms with Crippen LogP contribution >= 0.6 is 23.2 Å². The van der Waals surface area contributed by atoms with Crippen LogP contribution in [-0.2, 0) is 14.8 Å². The number of hydrogen-bond acceptors (Lipinski definition) is 4. The molecule has 0 fully saturated rings. The summed E-state index contributed by atoms with van der Waals surface area (Å²) in [5.41, 5.74) is 0. The molecule has 0 spiro atoms. The van der Waals surface area contributed by atoms with E-state index in [1.54, 1.807) is 25.1 Å². The molecule has 22 heavy (non-hydrogen) atoms. The summed E-state index contributed by atoms with van der Waals surface area (Å²) in [6.07, 6.45) is 0.804. The lowest BCUT2D eigenvalue weighted by molar-refractivity contribution is -0.127. The van der Waals surface area contributed by atoms with Crippen molar-refractivity contribution in [1.82, 2.24) is 10.0 Å². The summed E-state index contributed by atoms with van der Waals surface area (Å²) in [7, 11) is -3.21. The molecule has 1 atom stereocenters. The highest BCUT2D eigenvalue weighted by Gasteiger charge is 2.16. The van der Waals surface area contributed by atoms with Gasteiger partial charge in [-0.15, -0.1) is 0 Å². The number of benzene rings is 1. The molecule has 0 aliphatic carbocycles. The van der Waals surface area contributed by atoms with Gasteiger partial charge in [-0.3, -0.25) is 4.79 Å². The minimum Gasteiger partial charge on any atom is -0.479 e. The average Bonchev–Trinajstić information content (AvgIpc) is 2.42. The van der Waals surface area contributed by atoms with Gasteiger partial charge in [-0.1, -0.05) is 29.3 Å². The quantitative estimate of drug-likeness (QED) is 0.685. The Morgan fingerprint density at radius 1 is 1.32 bits per heavy atom. The Morgan fingerprint density at radius 3 is 2.64 bits per heavy atom. The molecule has 2 N–H and O–H groups in total. The zero-order valence-corrected chi connectivity index (χ0v) is 14.6. The number of ether oxygens (including phenoxy) is 1. The third-order valence-corrected chi connectivity index (χ3v) is 4.14. The van der Waals surface area contributed by atoms with E-state index in [0.717, 1.165) is 6.26 Å². The summed E-state index contributed by atoms with van der Waals surface area (Å²) in [5, 5.41) is 3.25. The van der Waals surface area contributed by atoms with E-state index in [-0.39, 0.29) is 17.5 Å². The molecule has 0 saturated heterocycles. The maximum Gasteiger partial charge on any atom is 0.260 e. The Kier molecular flexibility index (Phi) is 7.41. The molecule has 0 aliphatic heterocycles. The molecule has 1 aromatic carbocycles. The van der Waals surface area contributed by atoms with Crippen molar-refractivity contribution < 1.29 is 17.9 Å². The fraction of sp³-hybridized carbons (Fsp3) is 0.462. The third-order valence-electron chi connectivity index (χ3n) is 2.61. The van der Waals surface area contributed by atoms with Crippen molar-refractivity contribution in [2.75, 3.05) is 19.3 Å². The molecule has 1 amide bonds. The number of carbonyl (C=O) groups is 1. The Hall–Kier alpha value is -1.02. The van der Waals surface area contributed by atoms with Gasteiger partial charge in [-0.05, 0) is 25.5 Å². The van der Waals surface area contributed by atoms with E-state index in [4.69, 9.17) is 27.9 Å². The number of sulfonamides is 1. The number of hydrogen-bond donors (Lipinski definition) is 2. The van der Waals surface area contributed by atoms with E-state index in [1.165, 1.54) is 0 Å². The molecule has 124 valence electrons. The van der Waals surface area contributed by atoms with E-state index >= 15 is 0 Å². The zero-order chi connectivity index (χ0) is 16.8. The SMILES string of the molecule is CC(Oc1cccc(Cl)c1Cl)C(=O)NCCCNS(C)(=O)=O. The highest BCUT2D eigenvalue weighted by Crippen LogP contribution is 2.31. The lowest BCUT2D eigenvalue weighted by atomic mass is 10.3. The first-order valence-electron chi connectivity index (χ1n) is 6.53. The predicted octanol–water partition coefficient (Wildman–Crippen LogP) is 1.82. The highest BCUT2D eigenvalue weighted by atomic mass is 35.5. The Balaban J connectivity index is 2.38. The first-order chi connectivity index (χ1) is 10.2. The summed E-state index contributed by atoms with van der Waals surface area (Å²) < 4.78 is 29.5. The standard InChI is InChI=1S/C13H18Cl2N2O4S/c1-9(21-11-6-3-5-10(14)12(11)15)13(18)16-7-4-8-17-22(2,19)20/h3,5-6,9,17H,4,7-8H2,1-2H3,(H,16,18). The van der Waals surface area contributed by atoms with Crippen molar-refractivity contribution >= 4 is 39.1 Å². The molecular weight excluding hydrogens is 351 g/mol. The van der Waals surface area contributed by atoms with Crippen molar-refractivity contribution in [3.63, 3.8) is 0 Å². The molecule has 0 radical (unpaired) electrons. The zero-order valence-electron chi connectivity index (χ0n) is 12.2. The van der Waals surface area contributed by atoms with Gasteiger partial charge < -0.3 is 10.1 Å². The second-order valence-corrected chi connectivity index (χ2v) is 7.24.